The van der Waals surface area contributed by atoms with Crippen molar-refractivity contribution >= 4 is 17.7 Å². The number of piperidine rings is 1. The lowest BCUT2D eigenvalue weighted by Gasteiger charge is -2.32. The Labute approximate surface area is 166 Å². The topological polar surface area (TPSA) is 42.4 Å². The van der Waals surface area contributed by atoms with E-state index in [9.17, 15) is 18.0 Å². The number of carbonyl (C=O) groups excluding carboxylic acids is 1. The number of likely N-dealkylation sites (tertiary alicyclic amines) is 1. The van der Waals surface area contributed by atoms with Crippen LogP contribution in [0.2, 0.25) is 0 Å². The summed E-state index contributed by atoms with van der Waals surface area (Å²) in [6, 6.07) is 12.2. The third-order valence-corrected chi connectivity index (χ3v) is 5.47. The third-order valence-electron chi connectivity index (χ3n) is 4.48. The van der Waals surface area contributed by atoms with Crippen molar-refractivity contribution in [2.45, 2.75) is 30.9 Å². The van der Waals surface area contributed by atoms with E-state index in [1.54, 1.807) is 11.8 Å². The zero-order valence-electron chi connectivity index (χ0n) is 15.2. The van der Waals surface area contributed by atoms with Crippen LogP contribution in [-0.2, 0) is 16.7 Å². The van der Waals surface area contributed by atoms with E-state index < -0.39 is 11.7 Å². The fraction of sp³-hybridized carbons (Fsp3) is 0.400. The Morgan fingerprint density at radius 1 is 1.14 bits per heavy atom. The molecule has 28 heavy (non-hydrogen) atoms. The molecule has 4 nitrogen and oxygen atoms in total. The maximum absolute atomic E-state index is 12.6. The number of halogens is 3. The lowest BCUT2D eigenvalue weighted by atomic mass is 10.1. The van der Waals surface area contributed by atoms with E-state index in [0.29, 0.717) is 31.7 Å². The van der Waals surface area contributed by atoms with Gasteiger partial charge >= 0.3 is 6.18 Å². The Hall–Kier alpha value is -2.22. The number of ether oxygens (including phenoxy) is 1. The maximum Gasteiger partial charge on any atom is 0.417 e. The number of carbonyl (C=O) groups is 1. The lowest BCUT2D eigenvalue weighted by molar-refractivity contribution is -0.137. The molecule has 0 saturated carbocycles. The van der Waals surface area contributed by atoms with Gasteiger partial charge in [-0.1, -0.05) is 30.3 Å². The highest BCUT2D eigenvalue weighted by Crippen LogP contribution is 2.29. The van der Waals surface area contributed by atoms with Gasteiger partial charge in [-0.25, -0.2) is 4.98 Å². The molecule has 1 aliphatic heterocycles. The van der Waals surface area contributed by atoms with Crippen molar-refractivity contribution in [3.63, 3.8) is 0 Å². The van der Waals surface area contributed by atoms with Crippen LogP contribution in [-0.4, -0.2) is 40.7 Å². The molecule has 1 fully saturated rings. The summed E-state index contributed by atoms with van der Waals surface area (Å²) in [5.74, 6) is 1.51. The molecule has 0 bridgehead atoms. The number of hydrogen-bond donors (Lipinski definition) is 0. The molecule has 0 radical (unpaired) electrons. The molecular weight excluding hydrogens is 389 g/mol. The molecule has 1 saturated heterocycles. The Balaban J connectivity index is 1.39. The zero-order valence-corrected chi connectivity index (χ0v) is 16.0. The number of hydrogen-bond acceptors (Lipinski definition) is 4. The number of thioether (sulfide) groups is 1. The van der Waals surface area contributed by atoms with E-state index in [2.05, 4.69) is 4.98 Å². The van der Waals surface area contributed by atoms with Crippen LogP contribution in [0.1, 0.15) is 24.0 Å². The number of benzene rings is 1. The number of amides is 1. The van der Waals surface area contributed by atoms with Crippen LogP contribution in [0.25, 0.3) is 0 Å². The highest BCUT2D eigenvalue weighted by molar-refractivity contribution is 7.99. The van der Waals surface area contributed by atoms with E-state index in [1.807, 2.05) is 35.2 Å². The van der Waals surface area contributed by atoms with Crippen LogP contribution in [0.3, 0.4) is 0 Å². The Morgan fingerprint density at radius 3 is 2.46 bits per heavy atom. The smallest absolute Gasteiger partial charge is 0.417 e. The molecule has 2 aromatic rings. The van der Waals surface area contributed by atoms with Gasteiger partial charge in [0, 0.05) is 43.9 Å². The van der Waals surface area contributed by atoms with E-state index in [-0.39, 0.29) is 17.9 Å². The van der Waals surface area contributed by atoms with E-state index >= 15 is 0 Å². The maximum atomic E-state index is 12.6. The minimum Gasteiger partial charge on any atom is -0.474 e. The molecule has 1 aromatic carbocycles. The molecule has 0 atom stereocenters. The standard InChI is InChI=1S/C20H21F3N2O2S/c21-20(22,23)16-6-7-18(24-12-16)27-17-8-10-25(11-9-17)19(26)14-28-13-15-4-2-1-3-5-15/h1-7,12,17H,8-11,13-14H2. The van der Waals surface area contributed by atoms with Crippen LogP contribution in [0, 0.1) is 0 Å². The van der Waals surface area contributed by atoms with Gasteiger partial charge in [-0.05, 0) is 11.6 Å². The SMILES string of the molecule is O=C(CSCc1ccccc1)N1CCC(Oc2ccc(C(F)(F)F)cn2)CC1. The summed E-state index contributed by atoms with van der Waals surface area (Å²) in [5, 5.41) is 0. The first-order valence-corrected chi connectivity index (χ1v) is 10.2. The van der Waals surface area contributed by atoms with Gasteiger partial charge < -0.3 is 9.64 Å². The Morgan fingerprint density at radius 2 is 1.86 bits per heavy atom. The highest BCUT2D eigenvalue weighted by atomic mass is 32.2. The second-order valence-electron chi connectivity index (χ2n) is 6.56. The number of pyridine rings is 1. The Bertz CT molecular complexity index is 761. The normalized spacial score (nSPS) is 15.5. The predicted molar refractivity (Wildman–Crippen MR) is 102 cm³/mol. The summed E-state index contributed by atoms with van der Waals surface area (Å²) in [6.45, 7) is 1.16. The first kappa shape index (κ1) is 20.5. The minimum absolute atomic E-state index is 0.104. The average molecular weight is 410 g/mol. The largest absolute Gasteiger partial charge is 0.474 e. The van der Waals surface area contributed by atoms with Crippen LogP contribution in [0.4, 0.5) is 13.2 Å². The van der Waals surface area contributed by atoms with Gasteiger partial charge in [0.2, 0.25) is 11.8 Å². The van der Waals surface area contributed by atoms with Gasteiger partial charge in [-0.2, -0.15) is 13.2 Å². The number of aromatic nitrogens is 1. The third kappa shape index (κ3) is 5.89. The first-order valence-electron chi connectivity index (χ1n) is 9.01. The predicted octanol–water partition coefficient (Wildman–Crippen LogP) is 4.40. The van der Waals surface area contributed by atoms with Gasteiger partial charge in [0.25, 0.3) is 0 Å². The second-order valence-corrected chi connectivity index (χ2v) is 7.54. The fourth-order valence-corrected chi connectivity index (χ4v) is 3.82. The summed E-state index contributed by atoms with van der Waals surface area (Å²) in [7, 11) is 0. The molecule has 1 aliphatic rings. The van der Waals surface area contributed by atoms with Crippen molar-refractivity contribution in [3.05, 3.63) is 59.8 Å². The second kappa shape index (κ2) is 9.32. The number of rotatable bonds is 6. The zero-order chi connectivity index (χ0) is 20.0. The average Bonchev–Trinajstić information content (AvgIpc) is 2.69. The minimum atomic E-state index is -4.41. The fourth-order valence-electron chi connectivity index (χ4n) is 2.93. The van der Waals surface area contributed by atoms with E-state index in [4.69, 9.17) is 4.74 Å². The molecule has 150 valence electrons. The van der Waals surface area contributed by atoms with E-state index in [1.165, 1.54) is 11.6 Å². The van der Waals surface area contributed by atoms with Gasteiger partial charge in [0.15, 0.2) is 0 Å². The molecule has 1 amide bonds. The lowest BCUT2D eigenvalue weighted by Crippen LogP contribution is -2.42. The van der Waals surface area contributed by atoms with Gasteiger partial charge in [0.05, 0.1) is 11.3 Å². The molecular formula is C20H21F3N2O2S. The van der Waals surface area contributed by atoms with Crippen molar-refractivity contribution in [2.75, 3.05) is 18.8 Å². The number of alkyl halides is 3. The summed E-state index contributed by atoms with van der Waals surface area (Å²) < 4.78 is 43.4. The Kier molecular flexibility index (Phi) is 6.83. The molecule has 0 N–H and O–H groups in total. The summed E-state index contributed by atoms with van der Waals surface area (Å²) in [5.41, 5.74) is 0.393. The highest BCUT2D eigenvalue weighted by Gasteiger charge is 2.31. The monoisotopic (exact) mass is 410 g/mol. The van der Waals surface area contributed by atoms with Crippen LogP contribution in [0.15, 0.2) is 48.7 Å². The van der Waals surface area contributed by atoms with E-state index in [0.717, 1.165) is 18.0 Å². The van der Waals surface area contributed by atoms with Crippen LogP contribution < -0.4 is 4.74 Å². The first-order chi connectivity index (χ1) is 13.4. The van der Waals surface area contributed by atoms with Crippen molar-refractivity contribution < 1.29 is 22.7 Å². The molecule has 0 spiro atoms. The van der Waals surface area contributed by atoms with Crippen molar-refractivity contribution in [1.82, 2.24) is 9.88 Å². The van der Waals surface area contributed by atoms with Crippen molar-refractivity contribution in [1.29, 1.82) is 0 Å². The van der Waals surface area contributed by atoms with Crippen molar-refractivity contribution in [2.24, 2.45) is 0 Å². The summed E-state index contributed by atoms with van der Waals surface area (Å²) in [4.78, 5) is 17.9. The summed E-state index contributed by atoms with van der Waals surface area (Å²) in [6.07, 6.45) is -2.51. The van der Waals surface area contributed by atoms with Crippen molar-refractivity contribution in [3.8, 4) is 5.88 Å². The molecule has 2 heterocycles. The van der Waals surface area contributed by atoms with Gasteiger partial charge in [-0.3, -0.25) is 4.79 Å². The quantitative estimate of drug-likeness (QED) is 0.708. The van der Waals surface area contributed by atoms with Gasteiger partial charge in [0.1, 0.15) is 6.10 Å². The van der Waals surface area contributed by atoms with Crippen LogP contribution in [0.5, 0.6) is 5.88 Å². The molecule has 0 unspecified atom stereocenters. The number of nitrogens with zero attached hydrogens (tertiary/aromatic N) is 2. The van der Waals surface area contributed by atoms with Gasteiger partial charge in [-0.15, -0.1) is 11.8 Å². The van der Waals surface area contributed by atoms with Crippen LogP contribution >= 0.6 is 11.8 Å². The summed E-state index contributed by atoms with van der Waals surface area (Å²) >= 11 is 1.59. The molecule has 1 aromatic heterocycles. The molecule has 8 heteroatoms. The molecule has 3 rings (SSSR count). The molecule has 0 aliphatic carbocycles.